The topological polar surface area (TPSA) is 95.0 Å². The number of hydrogen-bond donors (Lipinski definition) is 1. The molecule has 106 valence electrons. The second-order valence-electron chi connectivity index (χ2n) is 3.99. The number of rotatable bonds is 5. The molecule has 0 unspecified atom stereocenters. The highest BCUT2D eigenvalue weighted by molar-refractivity contribution is 7.89. The third-order valence-corrected chi connectivity index (χ3v) is 5.14. The maximum Gasteiger partial charge on any atom is 0.323 e. The van der Waals surface area contributed by atoms with Gasteiger partial charge in [-0.1, -0.05) is 0 Å². The second-order valence-corrected chi connectivity index (χ2v) is 7.05. The van der Waals surface area contributed by atoms with Gasteiger partial charge in [-0.2, -0.15) is 0 Å². The Morgan fingerprint density at radius 2 is 1.89 bits per heavy atom. The molecule has 0 aliphatic heterocycles. The predicted octanol–water partition coefficient (Wildman–Crippen LogP) is 0.155. The molecule has 0 radical (unpaired) electrons. The Morgan fingerprint density at radius 1 is 1.32 bits per heavy atom. The zero-order valence-electron chi connectivity index (χ0n) is 10.7. The predicted molar refractivity (Wildman–Crippen MR) is 69.8 cm³/mol. The van der Waals surface area contributed by atoms with E-state index in [4.69, 9.17) is 5.11 Å². The van der Waals surface area contributed by atoms with Crippen LogP contribution in [0, 0.1) is 0 Å². The average molecular weight is 306 g/mol. The van der Waals surface area contributed by atoms with Crippen molar-refractivity contribution in [2.24, 2.45) is 0 Å². The molecule has 0 saturated heterocycles. The highest BCUT2D eigenvalue weighted by Gasteiger charge is 2.22. The smallest absolute Gasteiger partial charge is 0.323 e. The summed E-state index contributed by atoms with van der Waals surface area (Å²) in [6, 6.07) is 1.25. The van der Waals surface area contributed by atoms with Gasteiger partial charge >= 0.3 is 5.97 Å². The molecule has 1 N–H and O–H groups in total. The third kappa shape index (κ3) is 3.52. The molecule has 1 heterocycles. The first-order valence-electron chi connectivity index (χ1n) is 5.14. The van der Waals surface area contributed by atoms with E-state index < -0.39 is 28.4 Å². The highest BCUT2D eigenvalue weighted by Crippen LogP contribution is 2.22. The zero-order chi connectivity index (χ0) is 14.8. The monoisotopic (exact) mass is 306 g/mol. The maximum atomic E-state index is 11.9. The molecular weight excluding hydrogens is 292 g/mol. The largest absolute Gasteiger partial charge is 0.480 e. The summed E-state index contributed by atoms with van der Waals surface area (Å²) < 4.78 is 24.7. The summed E-state index contributed by atoms with van der Waals surface area (Å²) in [5, 5.41) is 9.95. The van der Waals surface area contributed by atoms with Crippen molar-refractivity contribution in [3.8, 4) is 0 Å². The molecule has 0 saturated carbocycles. The fraction of sp³-hybridized carbons (Fsp3) is 0.400. The molecule has 0 fully saturated rings. The summed E-state index contributed by atoms with van der Waals surface area (Å²) in [5.74, 6) is -1.65. The summed E-state index contributed by atoms with van der Waals surface area (Å²) in [7, 11) is 0.550. The second kappa shape index (κ2) is 5.68. The van der Waals surface area contributed by atoms with Crippen molar-refractivity contribution in [1.82, 2.24) is 9.21 Å². The number of likely N-dealkylation sites (N-methyl/N-ethyl adjacent to an activating group) is 1. The van der Waals surface area contributed by atoms with Gasteiger partial charge in [0, 0.05) is 26.5 Å². The number of sulfonamides is 1. The molecule has 9 heteroatoms. The third-order valence-electron chi connectivity index (χ3n) is 2.28. The number of thiophene rings is 1. The maximum absolute atomic E-state index is 11.9. The number of carboxylic acid groups (broad SMARTS) is 1. The number of hydrogen-bond acceptors (Lipinski definition) is 5. The Kier molecular flexibility index (Phi) is 4.66. The van der Waals surface area contributed by atoms with E-state index >= 15 is 0 Å². The van der Waals surface area contributed by atoms with E-state index in [1.807, 2.05) is 0 Å². The summed E-state index contributed by atoms with van der Waals surface area (Å²) in [6.45, 7) is -0.438. The summed E-state index contributed by atoms with van der Waals surface area (Å²) >= 11 is 0.967. The lowest BCUT2D eigenvalue weighted by molar-refractivity contribution is -0.137. The van der Waals surface area contributed by atoms with Gasteiger partial charge < -0.3 is 10.0 Å². The van der Waals surface area contributed by atoms with Gasteiger partial charge in [0.15, 0.2) is 0 Å². The number of carboxylic acids is 1. The Balaban J connectivity index is 2.98. The van der Waals surface area contributed by atoms with E-state index in [2.05, 4.69) is 0 Å². The van der Waals surface area contributed by atoms with Crippen molar-refractivity contribution in [3.63, 3.8) is 0 Å². The van der Waals surface area contributed by atoms with Gasteiger partial charge in [0.05, 0.1) is 9.77 Å². The van der Waals surface area contributed by atoms with Crippen LogP contribution in [0.2, 0.25) is 0 Å². The van der Waals surface area contributed by atoms with Gasteiger partial charge in [-0.05, 0) is 6.07 Å². The van der Waals surface area contributed by atoms with Crippen LogP contribution in [0.4, 0.5) is 0 Å². The fourth-order valence-electron chi connectivity index (χ4n) is 1.24. The molecule has 0 aliphatic carbocycles. The van der Waals surface area contributed by atoms with Crippen molar-refractivity contribution in [3.05, 3.63) is 16.3 Å². The van der Waals surface area contributed by atoms with Gasteiger partial charge in [0.1, 0.15) is 6.54 Å². The van der Waals surface area contributed by atoms with Gasteiger partial charge in [0.25, 0.3) is 5.91 Å². The average Bonchev–Trinajstić information content (AvgIpc) is 2.76. The van der Waals surface area contributed by atoms with Crippen molar-refractivity contribution in [1.29, 1.82) is 0 Å². The van der Waals surface area contributed by atoms with Crippen LogP contribution in [0.5, 0.6) is 0 Å². The lowest BCUT2D eigenvalue weighted by Crippen LogP contribution is -2.31. The Hall–Kier alpha value is -1.45. The van der Waals surface area contributed by atoms with Crippen molar-refractivity contribution >= 4 is 33.2 Å². The van der Waals surface area contributed by atoms with E-state index in [1.165, 1.54) is 32.6 Å². The van der Waals surface area contributed by atoms with Crippen LogP contribution in [0.3, 0.4) is 0 Å². The van der Waals surface area contributed by atoms with E-state index in [9.17, 15) is 18.0 Å². The molecule has 0 bridgehead atoms. The number of aliphatic carboxylic acids is 1. The summed E-state index contributed by atoms with van der Waals surface area (Å²) in [5.41, 5.74) is 0. The van der Waals surface area contributed by atoms with Crippen LogP contribution in [0.25, 0.3) is 0 Å². The molecule has 0 aromatic carbocycles. The van der Waals surface area contributed by atoms with E-state index in [0.717, 1.165) is 20.5 Å². The van der Waals surface area contributed by atoms with Gasteiger partial charge in [-0.3, -0.25) is 9.59 Å². The lowest BCUT2D eigenvalue weighted by atomic mass is 10.4. The first kappa shape index (κ1) is 15.6. The van der Waals surface area contributed by atoms with Crippen LogP contribution in [0.15, 0.2) is 16.3 Å². The van der Waals surface area contributed by atoms with Crippen molar-refractivity contribution < 1.29 is 23.1 Å². The highest BCUT2D eigenvalue weighted by atomic mass is 32.2. The quantitative estimate of drug-likeness (QED) is 0.836. The SMILES string of the molecule is CN(CC(=O)O)C(=O)c1cc(S(=O)(=O)N(C)C)cs1. The Bertz CT molecular complexity index is 591. The van der Waals surface area contributed by atoms with Crippen molar-refractivity contribution in [2.75, 3.05) is 27.7 Å². The first-order valence-corrected chi connectivity index (χ1v) is 7.46. The molecule has 1 aromatic heterocycles. The molecule has 0 spiro atoms. The molecule has 1 aromatic rings. The van der Waals surface area contributed by atoms with Crippen LogP contribution >= 0.6 is 11.3 Å². The van der Waals surface area contributed by atoms with Gasteiger partial charge in [-0.15, -0.1) is 11.3 Å². The van der Waals surface area contributed by atoms with E-state index in [1.54, 1.807) is 0 Å². The normalized spacial score (nSPS) is 11.6. The first-order chi connectivity index (χ1) is 8.66. The summed E-state index contributed by atoms with van der Waals surface area (Å²) in [6.07, 6.45) is 0. The Morgan fingerprint density at radius 3 is 2.37 bits per heavy atom. The molecule has 0 aliphatic rings. The standard InChI is InChI=1S/C10H14N2O5S2/c1-11(2)19(16,17)7-4-8(18-6-7)10(15)12(3)5-9(13)14/h4,6H,5H2,1-3H3,(H,13,14). The van der Waals surface area contributed by atoms with E-state index in [0.29, 0.717) is 0 Å². The number of amides is 1. The number of nitrogens with zero attached hydrogens (tertiary/aromatic N) is 2. The van der Waals surface area contributed by atoms with Crippen LogP contribution in [0.1, 0.15) is 9.67 Å². The lowest BCUT2D eigenvalue weighted by Gasteiger charge is -2.12. The number of carbonyl (C=O) groups is 2. The van der Waals surface area contributed by atoms with Crippen molar-refractivity contribution in [2.45, 2.75) is 4.90 Å². The minimum atomic E-state index is -3.58. The molecule has 7 nitrogen and oxygen atoms in total. The van der Waals surface area contributed by atoms with Crippen LogP contribution in [-0.4, -0.2) is 62.3 Å². The fourth-order valence-corrected chi connectivity index (χ4v) is 3.40. The minimum absolute atomic E-state index is 0.0228. The van der Waals surface area contributed by atoms with E-state index in [-0.39, 0.29) is 9.77 Å². The zero-order valence-corrected chi connectivity index (χ0v) is 12.3. The van der Waals surface area contributed by atoms with Crippen LogP contribution < -0.4 is 0 Å². The molecular formula is C10H14N2O5S2. The molecule has 1 amide bonds. The minimum Gasteiger partial charge on any atom is -0.480 e. The van der Waals surface area contributed by atoms with Crippen LogP contribution in [-0.2, 0) is 14.8 Å². The van der Waals surface area contributed by atoms with Gasteiger partial charge in [0.2, 0.25) is 10.0 Å². The Labute approximate surface area is 115 Å². The molecule has 0 atom stereocenters. The molecule has 19 heavy (non-hydrogen) atoms. The number of carbonyl (C=O) groups excluding carboxylic acids is 1. The summed E-state index contributed by atoms with van der Waals surface area (Å²) in [4.78, 5) is 23.6. The van der Waals surface area contributed by atoms with Gasteiger partial charge in [-0.25, -0.2) is 12.7 Å². The molecule has 1 rings (SSSR count).